The maximum absolute atomic E-state index is 12.2. The second-order valence-electron chi connectivity index (χ2n) is 4.69. The van der Waals surface area contributed by atoms with Crippen molar-refractivity contribution in [2.45, 2.75) is 32.3 Å². The van der Waals surface area contributed by atoms with Gasteiger partial charge in [0.2, 0.25) is 0 Å². The molecule has 0 radical (unpaired) electrons. The summed E-state index contributed by atoms with van der Waals surface area (Å²) in [5.74, 6) is -0.882. The van der Waals surface area contributed by atoms with Crippen molar-refractivity contribution < 1.29 is 19.4 Å². The maximum atomic E-state index is 12.2. The van der Waals surface area contributed by atoms with Crippen molar-refractivity contribution in [1.29, 1.82) is 0 Å². The fourth-order valence-electron chi connectivity index (χ4n) is 2.11. The third kappa shape index (κ3) is 3.73. The number of aromatic nitrogens is 2. The first-order valence-corrected chi connectivity index (χ1v) is 7.27. The Morgan fingerprint density at radius 2 is 2.15 bits per heavy atom. The molecule has 110 valence electrons. The number of nitrogens with zero attached hydrogens (tertiary/aromatic N) is 3. The van der Waals surface area contributed by atoms with Crippen LogP contribution in [0.15, 0.2) is 0 Å². The zero-order chi connectivity index (χ0) is 14.5. The Balaban J connectivity index is 1.78. The molecule has 1 amide bonds. The number of hydrogen-bond acceptors (Lipinski definition) is 6. The largest absolute Gasteiger partial charge is 0.481 e. The van der Waals surface area contributed by atoms with Gasteiger partial charge in [0, 0.05) is 13.1 Å². The minimum absolute atomic E-state index is 0.0187. The van der Waals surface area contributed by atoms with Gasteiger partial charge in [-0.2, -0.15) is 0 Å². The van der Waals surface area contributed by atoms with Crippen molar-refractivity contribution in [2.75, 3.05) is 19.7 Å². The van der Waals surface area contributed by atoms with E-state index in [1.165, 1.54) is 0 Å². The summed E-state index contributed by atoms with van der Waals surface area (Å²) in [7, 11) is 0. The Kier molecular flexibility index (Phi) is 5.02. The number of aryl methyl sites for hydroxylation is 1. The zero-order valence-electron chi connectivity index (χ0n) is 11.2. The number of ether oxygens (including phenoxy) is 1. The molecule has 0 unspecified atom stereocenters. The molecule has 0 saturated carbocycles. The number of amides is 1. The lowest BCUT2D eigenvalue weighted by Gasteiger charge is -2.31. The number of likely N-dealkylation sites (tertiary alicyclic amines) is 1. The first-order chi connectivity index (χ1) is 9.58. The number of hydrogen-bond donors (Lipinski definition) is 1. The summed E-state index contributed by atoms with van der Waals surface area (Å²) in [6, 6.07) is 0. The molecule has 0 atom stereocenters. The van der Waals surface area contributed by atoms with E-state index in [-0.39, 0.29) is 25.0 Å². The molecule has 8 heteroatoms. The molecular formula is C12H17N3O4S. The number of piperidine rings is 1. The molecule has 1 N–H and O–H groups in total. The first-order valence-electron chi connectivity index (χ1n) is 6.49. The van der Waals surface area contributed by atoms with Crippen LogP contribution in [-0.2, 0) is 9.53 Å². The maximum Gasteiger partial charge on any atom is 0.305 e. The van der Waals surface area contributed by atoms with Crippen LogP contribution in [0.2, 0.25) is 0 Å². The molecule has 1 aromatic rings. The van der Waals surface area contributed by atoms with Crippen molar-refractivity contribution in [3.05, 3.63) is 10.6 Å². The Bertz CT molecular complexity index is 483. The molecule has 2 rings (SSSR count). The number of rotatable bonds is 5. The Labute approximate surface area is 120 Å². The van der Waals surface area contributed by atoms with Gasteiger partial charge in [0.05, 0.1) is 24.8 Å². The number of carbonyl (C=O) groups excluding carboxylic acids is 1. The SMILES string of the molecule is Cc1nnsc1C(=O)N1CCC(OCCC(=O)O)CC1. The number of carbonyl (C=O) groups is 2. The average Bonchev–Trinajstić information content (AvgIpc) is 2.84. The van der Waals surface area contributed by atoms with Gasteiger partial charge < -0.3 is 14.7 Å². The number of aliphatic carboxylic acids is 1. The van der Waals surface area contributed by atoms with Crippen molar-refractivity contribution in [2.24, 2.45) is 0 Å². The van der Waals surface area contributed by atoms with Crippen LogP contribution in [-0.4, -0.2) is 57.3 Å². The lowest BCUT2D eigenvalue weighted by atomic mass is 10.1. The van der Waals surface area contributed by atoms with Gasteiger partial charge >= 0.3 is 5.97 Å². The molecule has 0 bridgehead atoms. The minimum Gasteiger partial charge on any atom is -0.481 e. The van der Waals surface area contributed by atoms with E-state index in [1.807, 2.05) is 0 Å². The summed E-state index contributed by atoms with van der Waals surface area (Å²) in [5, 5.41) is 12.4. The molecule has 0 aliphatic carbocycles. The molecule has 1 aromatic heterocycles. The van der Waals surface area contributed by atoms with Crippen LogP contribution in [0.3, 0.4) is 0 Å². The standard InChI is InChI=1S/C12H17N3O4S/c1-8-11(20-14-13-8)12(18)15-5-2-9(3-6-15)19-7-4-10(16)17/h9H,2-7H2,1H3,(H,16,17). The van der Waals surface area contributed by atoms with Crippen molar-refractivity contribution in [1.82, 2.24) is 14.5 Å². The lowest BCUT2D eigenvalue weighted by Crippen LogP contribution is -2.41. The van der Waals surface area contributed by atoms with Crippen molar-refractivity contribution >= 4 is 23.4 Å². The third-order valence-corrected chi connectivity index (χ3v) is 4.06. The second kappa shape index (κ2) is 6.76. The first kappa shape index (κ1) is 14.9. The molecule has 2 heterocycles. The van der Waals surface area contributed by atoms with Gasteiger partial charge in [-0.25, -0.2) is 0 Å². The van der Waals surface area contributed by atoms with Crippen LogP contribution >= 0.6 is 11.5 Å². The summed E-state index contributed by atoms with van der Waals surface area (Å²) in [4.78, 5) is 25.0. The van der Waals surface area contributed by atoms with E-state index in [1.54, 1.807) is 11.8 Å². The minimum atomic E-state index is -0.856. The Hall–Kier alpha value is -1.54. The van der Waals surface area contributed by atoms with E-state index in [9.17, 15) is 9.59 Å². The van der Waals surface area contributed by atoms with E-state index in [2.05, 4.69) is 9.59 Å². The van der Waals surface area contributed by atoms with Crippen LogP contribution in [0, 0.1) is 6.92 Å². The summed E-state index contributed by atoms with van der Waals surface area (Å²) in [6.07, 6.45) is 1.53. The van der Waals surface area contributed by atoms with Gasteiger partial charge in [0.15, 0.2) is 0 Å². The highest BCUT2D eigenvalue weighted by Crippen LogP contribution is 2.19. The average molecular weight is 299 g/mol. The summed E-state index contributed by atoms with van der Waals surface area (Å²) < 4.78 is 9.27. The monoisotopic (exact) mass is 299 g/mol. The molecular weight excluding hydrogens is 282 g/mol. The molecule has 1 saturated heterocycles. The van der Waals surface area contributed by atoms with Crippen molar-refractivity contribution in [3.8, 4) is 0 Å². The van der Waals surface area contributed by atoms with Crippen LogP contribution in [0.4, 0.5) is 0 Å². The molecule has 1 aliphatic rings. The van der Waals surface area contributed by atoms with Gasteiger partial charge in [-0.1, -0.05) is 4.49 Å². The molecule has 1 aliphatic heterocycles. The smallest absolute Gasteiger partial charge is 0.305 e. The third-order valence-electron chi connectivity index (χ3n) is 3.24. The van der Waals surface area contributed by atoms with E-state index in [0.717, 1.165) is 24.4 Å². The predicted octanol–water partition coefficient (Wildman–Crippen LogP) is 0.942. The molecule has 0 spiro atoms. The fourth-order valence-corrected chi connectivity index (χ4v) is 2.73. The summed E-state index contributed by atoms with van der Waals surface area (Å²) in [6.45, 7) is 3.24. The van der Waals surface area contributed by atoms with E-state index in [4.69, 9.17) is 9.84 Å². The quantitative estimate of drug-likeness (QED) is 0.870. The highest BCUT2D eigenvalue weighted by Gasteiger charge is 2.26. The van der Waals surface area contributed by atoms with Crippen LogP contribution < -0.4 is 0 Å². The molecule has 20 heavy (non-hydrogen) atoms. The van der Waals surface area contributed by atoms with Gasteiger partial charge in [0.25, 0.3) is 5.91 Å². The predicted molar refractivity (Wildman–Crippen MR) is 71.8 cm³/mol. The highest BCUT2D eigenvalue weighted by atomic mass is 32.1. The second-order valence-corrected chi connectivity index (χ2v) is 5.45. The summed E-state index contributed by atoms with van der Waals surface area (Å²) >= 11 is 1.12. The Morgan fingerprint density at radius 1 is 1.45 bits per heavy atom. The summed E-state index contributed by atoms with van der Waals surface area (Å²) in [5.41, 5.74) is 0.667. The lowest BCUT2D eigenvalue weighted by molar-refractivity contribution is -0.138. The van der Waals surface area contributed by atoms with Gasteiger partial charge in [-0.15, -0.1) is 5.10 Å². The van der Waals surface area contributed by atoms with Crippen LogP contribution in [0.1, 0.15) is 34.6 Å². The van der Waals surface area contributed by atoms with Crippen LogP contribution in [0.5, 0.6) is 0 Å². The van der Waals surface area contributed by atoms with E-state index < -0.39 is 5.97 Å². The van der Waals surface area contributed by atoms with Crippen LogP contribution in [0.25, 0.3) is 0 Å². The van der Waals surface area contributed by atoms with E-state index in [0.29, 0.717) is 23.7 Å². The van der Waals surface area contributed by atoms with E-state index >= 15 is 0 Å². The normalized spacial score (nSPS) is 16.4. The van der Waals surface area contributed by atoms with Gasteiger partial charge in [-0.05, 0) is 31.3 Å². The topological polar surface area (TPSA) is 92.6 Å². The van der Waals surface area contributed by atoms with Crippen molar-refractivity contribution in [3.63, 3.8) is 0 Å². The molecule has 1 fully saturated rings. The zero-order valence-corrected chi connectivity index (χ0v) is 12.1. The fraction of sp³-hybridized carbons (Fsp3) is 0.667. The highest BCUT2D eigenvalue weighted by molar-refractivity contribution is 7.07. The van der Waals surface area contributed by atoms with Gasteiger partial charge in [-0.3, -0.25) is 9.59 Å². The van der Waals surface area contributed by atoms with Gasteiger partial charge in [0.1, 0.15) is 4.88 Å². The molecule has 7 nitrogen and oxygen atoms in total. The number of carboxylic acids is 1. The Morgan fingerprint density at radius 3 is 2.70 bits per heavy atom. The number of carboxylic acid groups (broad SMARTS) is 1. The molecule has 0 aromatic carbocycles.